The lowest BCUT2D eigenvalue weighted by molar-refractivity contribution is 0.101. The average Bonchev–Trinajstić information content (AvgIpc) is 2.62. The lowest BCUT2D eigenvalue weighted by Gasteiger charge is -2.10. The van der Waals surface area contributed by atoms with E-state index in [-0.39, 0.29) is 5.69 Å². The molecule has 0 atom stereocenters. The number of nitrogens with one attached hydrogen (secondary N) is 1. The van der Waals surface area contributed by atoms with Crippen molar-refractivity contribution in [2.45, 2.75) is 6.92 Å². The predicted molar refractivity (Wildman–Crippen MR) is 95.3 cm³/mol. The normalized spacial score (nSPS) is 10.2. The summed E-state index contributed by atoms with van der Waals surface area (Å²) in [4.78, 5) is 24.6. The molecule has 3 aromatic rings. The lowest BCUT2D eigenvalue weighted by Crippen LogP contribution is -2.25. The van der Waals surface area contributed by atoms with Crippen LogP contribution in [0.4, 0.5) is 5.69 Å². The number of aromatic nitrogens is 2. The summed E-state index contributed by atoms with van der Waals surface area (Å²) in [6.07, 6.45) is 0. The van der Waals surface area contributed by atoms with Crippen LogP contribution in [-0.4, -0.2) is 20.8 Å². The molecule has 0 saturated heterocycles. The first-order valence-electron chi connectivity index (χ1n) is 7.70. The number of hydrogen-bond donors (Lipinski definition) is 2. The second-order valence-corrected chi connectivity index (χ2v) is 5.61. The molecule has 0 fully saturated rings. The van der Waals surface area contributed by atoms with Gasteiger partial charge in [-0.15, -0.1) is 0 Å². The van der Waals surface area contributed by atoms with Crippen molar-refractivity contribution >= 4 is 11.6 Å². The molecule has 0 spiro atoms. The SMILES string of the molecule is Cc1cccc(-n2nc(C(=O)Nc3ccc(C#N)cc3)c(O)cc2=O)c1. The monoisotopic (exact) mass is 346 g/mol. The maximum absolute atomic E-state index is 12.4. The molecule has 7 heteroatoms. The van der Waals surface area contributed by atoms with Crippen LogP contribution in [0.2, 0.25) is 0 Å². The summed E-state index contributed by atoms with van der Waals surface area (Å²) in [6, 6.07) is 16.2. The van der Waals surface area contributed by atoms with E-state index in [4.69, 9.17) is 5.26 Å². The van der Waals surface area contributed by atoms with Gasteiger partial charge in [0.25, 0.3) is 11.5 Å². The number of nitriles is 1. The number of anilines is 1. The van der Waals surface area contributed by atoms with Gasteiger partial charge in [-0.1, -0.05) is 12.1 Å². The van der Waals surface area contributed by atoms with E-state index in [1.807, 2.05) is 19.1 Å². The third-order valence-corrected chi connectivity index (χ3v) is 3.64. The van der Waals surface area contributed by atoms with E-state index in [1.54, 1.807) is 42.5 Å². The molecule has 0 unspecified atom stereocenters. The van der Waals surface area contributed by atoms with Crippen LogP contribution in [0.5, 0.6) is 5.75 Å². The minimum absolute atomic E-state index is 0.282. The largest absolute Gasteiger partial charge is 0.505 e. The first kappa shape index (κ1) is 16.9. The van der Waals surface area contributed by atoms with Gasteiger partial charge in [0, 0.05) is 11.8 Å². The van der Waals surface area contributed by atoms with Gasteiger partial charge in [0.2, 0.25) is 0 Å². The molecule has 128 valence electrons. The van der Waals surface area contributed by atoms with Crippen LogP contribution < -0.4 is 10.9 Å². The molecule has 2 aromatic carbocycles. The maximum Gasteiger partial charge on any atom is 0.279 e. The standard InChI is InChI=1S/C19H14N4O3/c1-12-3-2-4-15(9-12)23-17(25)10-16(24)18(22-23)19(26)21-14-7-5-13(11-20)6-8-14/h2-10,24H,1H3,(H,21,26). The molecular formula is C19H14N4O3. The number of hydrogen-bond acceptors (Lipinski definition) is 5. The number of aromatic hydroxyl groups is 1. The van der Waals surface area contributed by atoms with Gasteiger partial charge < -0.3 is 10.4 Å². The molecule has 26 heavy (non-hydrogen) atoms. The van der Waals surface area contributed by atoms with Crippen LogP contribution in [-0.2, 0) is 0 Å². The Morgan fingerprint density at radius 3 is 2.58 bits per heavy atom. The zero-order valence-electron chi connectivity index (χ0n) is 13.8. The molecule has 1 aromatic heterocycles. The zero-order valence-corrected chi connectivity index (χ0v) is 13.8. The molecule has 3 rings (SSSR count). The summed E-state index contributed by atoms with van der Waals surface area (Å²) in [6.45, 7) is 1.87. The van der Waals surface area contributed by atoms with Crippen molar-refractivity contribution in [1.82, 2.24) is 9.78 Å². The molecule has 7 nitrogen and oxygen atoms in total. The van der Waals surface area contributed by atoms with Gasteiger partial charge in [-0.3, -0.25) is 9.59 Å². The highest BCUT2D eigenvalue weighted by Crippen LogP contribution is 2.16. The van der Waals surface area contributed by atoms with Crippen LogP contribution in [0.25, 0.3) is 5.69 Å². The van der Waals surface area contributed by atoms with E-state index in [1.165, 1.54) is 0 Å². The molecule has 0 radical (unpaired) electrons. The number of amides is 1. The van der Waals surface area contributed by atoms with Crippen molar-refractivity contribution in [1.29, 1.82) is 5.26 Å². The molecule has 0 saturated carbocycles. The van der Waals surface area contributed by atoms with Gasteiger partial charge in [-0.2, -0.15) is 15.0 Å². The lowest BCUT2D eigenvalue weighted by atomic mass is 10.2. The Balaban J connectivity index is 1.96. The number of aryl methyl sites for hydroxylation is 1. The number of benzene rings is 2. The summed E-state index contributed by atoms with van der Waals surface area (Å²) in [5, 5.41) is 25.3. The molecule has 1 heterocycles. The second kappa shape index (κ2) is 6.91. The summed E-state index contributed by atoms with van der Waals surface area (Å²) in [5.41, 5.74) is 1.47. The van der Waals surface area contributed by atoms with Crippen LogP contribution in [0.1, 0.15) is 21.6 Å². The van der Waals surface area contributed by atoms with Crippen LogP contribution in [0.3, 0.4) is 0 Å². The van der Waals surface area contributed by atoms with E-state index in [0.29, 0.717) is 16.9 Å². The zero-order chi connectivity index (χ0) is 18.7. The fourth-order valence-electron chi connectivity index (χ4n) is 2.37. The fraction of sp³-hybridized carbons (Fsp3) is 0.0526. The molecule has 2 N–H and O–H groups in total. The molecule has 0 aliphatic rings. The smallest absolute Gasteiger partial charge is 0.279 e. The second-order valence-electron chi connectivity index (χ2n) is 5.61. The maximum atomic E-state index is 12.4. The first-order chi connectivity index (χ1) is 12.5. The van der Waals surface area contributed by atoms with Crippen molar-refractivity contribution in [3.05, 3.63) is 81.8 Å². The highest BCUT2D eigenvalue weighted by Gasteiger charge is 2.17. The van der Waals surface area contributed by atoms with E-state index >= 15 is 0 Å². The number of rotatable bonds is 3. The summed E-state index contributed by atoms with van der Waals surface area (Å²) in [5.74, 6) is -1.18. The van der Waals surface area contributed by atoms with Crippen molar-refractivity contribution < 1.29 is 9.90 Å². The third-order valence-electron chi connectivity index (χ3n) is 3.64. The molecule has 0 aliphatic carbocycles. The van der Waals surface area contributed by atoms with Gasteiger partial charge in [0.15, 0.2) is 11.4 Å². The highest BCUT2D eigenvalue weighted by molar-refractivity contribution is 6.04. The molecule has 0 bridgehead atoms. The quantitative estimate of drug-likeness (QED) is 0.757. The Labute approximate surface area is 148 Å². The van der Waals surface area contributed by atoms with Gasteiger partial charge in [0.1, 0.15) is 0 Å². The molecule has 0 aliphatic heterocycles. The van der Waals surface area contributed by atoms with Gasteiger partial charge in [0.05, 0.1) is 17.3 Å². The average molecular weight is 346 g/mol. The summed E-state index contributed by atoms with van der Waals surface area (Å²) in [7, 11) is 0. The Morgan fingerprint density at radius 1 is 1.19 bits per heavy atom. The van der Waals surface area contributed by atoms with Crippen LogP contribution >= 0.6 is 0 Å². The number of nitrogens with zero attached hydrogens (tertiary/aromatic N) is 3. The van der Waals surface area contributed by atoms with E-state index in [0.717, 1.165) is 16.3 Å². The topological polar surface area (TPSA) is 108 Å². The minimum Gasteiger partial charge on any atom is -0.505 e. The van der Waals surface area contributed by atoms with E-state index in [9.17, 15) is 14.7 Å². The van der Waals surface area contributed by atoms with Crippen LogP contribution in [0, 0.1) is 18.3 Å². The van der Waals surface area contributed by atoms with Crippen molar-refractivity contribution in [2.75, 3.05) is 5.32 Å². The fourth-order valence-corrected chi connectivity index (χ4v) is 2.37. The van der Waals surface area contributed by atoms with Gasteiger partial charge in [-0.05, 0) is 48.9 Å². The predicted octanol–water partition coefficient (Wildman–Crippen LogP) is 2.37. The Hall–Kier alpha value is -3.92. The van der Waals surface area contributed by atoms with Gasteiger partial charge in [-0.25, -0.2) is 0 Å². The van der Waals surface area contributed by atoms with E-state index < -0.39 is 17.2 Å². The third kappa shape index (κ3) is 3.44. The van der Waals surface area contributed by atoms with Crippen LogP contribution in [0.15, 0.2) is 59.4 Å². The molecular weight excluding hydrogens is 332 g/mol. The van der Waals surface area contributed by atoms with Crippen molar-refractivity contribution in [3.8, 4) is 17.5 Å². The molecule has 1 amide bonds. The Morgan fingerprint density at radius 2 is 1.92 bits per heavy atom. The Kier molecular flexibility index (Phi) is 4.50. The first-order valence-corrected chi connectivity index (χ1v) is 7.70. The van der Waals surface area contributed by atoms with Crippen molar-refractivity contribution in [3.63, 3.8) is 0 Å². The number of carbonyl (C=O) groups is 1. The number of carbonyl (C=O) groups excluding carboxylic acids is 1. The summed E-state index contributed by atoms with van der Waals surface area (Å²) < 4.78 is 1.06. The van der Waals surface area contributed by atoms with Crippen molar-refractivity contribution in [2.24, 2.45) is 0 Å². The van der Waals surface area contributed by atoms with Gasteiger partial charge >= 0.3 is 0 Å². The minimum atomic E-state index is -0.673. The van der Waals surface area contributed by atoms with E-state index in [2.05, 4.69) is 10.4 Å². The Bertz CT molecular complexity index is 1080. The highest BCUT2D eigenvalue weighted by atomic mass is 16.3. The summed E-state index contributed by atoms with van der Waals surface area (Å²) >= 11 is 0.